The smallest absolute Gasteiger partial charge is 0.334 e. The van der Waals surface area contributed by atoms with Crippen molar-refractivity contribution < 1.29 is 18.0 Å². The number of carbonyl (C=O) groups is 1. The number of piperidine rings is 1. The molecular weight excluding hydrogens is 376 g/mol. The average molecular weight is 392 g/mol. The number of nitrogens with one attached hydrogen (secondary N) is 1. The first kappa shape index (κ1) is 20.4. The summed E-state index contributed by atoms with van der Waals surface area (Å²) < 4.78 is 38.0. The van der Waals surface area contributed by atoms with Crippen LogP contribution in [0.1, 0.15) is 17.9 Å². The van der Waals surface area contributed by atoms with Gasteiger partial charge in [0.25, 0.3) is 0 Å². The van der Waals surface area contributed by atoms with Crippen molar-refractivity contribution in [2.45, 2.75) is 24.6 Å². The summed E-state index contributed by atoms with van der Waals surface area (Å²) in [5.74, 6) is -2.11. The Kier molecular flexibility index (Phi) is 7.01. The number of hydrogen-bond acceptors (Lipinski definition) is 2. The minimum absolute atomic E-state index is 0. The quantitative estimate of drug-likeness (QED) is 0.830. The van der Waals surface area contributed by atoms with E-state index in [1.165, 1.54) is 7.05 Å². The van der Waals surface area contributed by atoms with Gasteiger partial charge in [-0.05, 0) is 30.7 Å². The van der Waals surface area contributed by atoms with Gasteiger partial charge in [-0.1, -0.05) is 29.3 Å². The molecule has 9 heteroatoms. The fourth-order valence-corrected chi connectivity index (χ4v) is 3.05. The highest BCUT2D eigenvalue weighted by molar-refractivity contribution is 6.42. The Morgan fingerprint density at radius 2 is 1.96 bits per heavy atom. The van der Waals surface area contributed by atoms with Crippen LogP contribution in [-0.4, -0.2) is 43.2 Å². The van der Waals surface area contributed by atoms with Crippen molar-refractivity contribution in [2.75, 3.05) is 20.1 Å². The number of rotatable bonds is 2. The Hall–Kier alpha value is -0.690. The van der Waals surface area contributed by atoms with Crippen LogP contribution in [0.5, 0.6) is 0 Å². The molecule has 1 amide bonds. The lowest BCUT2D eigenvalue weighted by molar-refractivity contribution is -0.187. The fourth-order valence-electron chi connectivity index (χ4n) is 2.74. The molecule has 0 aromatic heterocycles. The molecule has 1 saturated heterocycles. The second-order valence-corrected chi connectivity index (χ2v) is 6.07. The summed E-state index contributed by atoms with van der Waals surface area (Å²) in [4.78, 5) is 12.3. The van der Waals surface area contributed by atoms with Crippen molar-refractivity contribution in [2.24, 2.45) is 0 Å². The zero-order valence-corrected chi connectivity index (χ0v) is 14.5. The summed E-state index contributed by atoms with van der Waals surface area (Å²) in [5.41, 5.74) is 0.758. The largest absolute Gasteiger partial charge is 0.471 e. The van der Waals surface area contributed by atoms with Gasteiger partial charge in [0.2, 0.25) is 0 Å². The van der Waals surface area contributed by atoms with E-state index in [2.05, 4.69) is 5.32 Å². The van der Waals surface area contributed by atoms with Crippen molar-refractivity contribution in [3.8, 4) is 0 Å². The lowest BCUT2D eigenvalue weighted by atomic mass is 9.86. The Bertz CT molecular complexity index is 569. The van der Waals surface area contributed by atoms with E-state index in [1.54, 1.807) is 18.2 Å². The van der Waals surface area contributed by atoms with Crippen LogP contribution in [-0.2, 0) is 4.79 Å². The van der Waals surface area contributed by atoms with E-state index in [1.807, 2.05) is 0 Å². The molecule has 0 saturated carbocycles. The third-order valence-electron chi connectivity index (χ3n) is 3.88. The van der Waals surface area contributed by atoms with Crippen molar-refractivity contribution >= 4 is 41.5 Å². The molecule has 1 fully saturated rings. The number of alkyl halides is 3. The molecule has 0 radical (unpaired) electrons. The molecule has 2 unspecified atom stereocenters. The fraction of sp³-hybridized carbons (Fsp3) is 0.500. The minimum Gasteiger partial charge on any atom is -0.334 e. The molecule has 2 rings (SSSR count). The molecule has 1 aliphatic rings. The van der Waals surface area contributed by atoms with E-state index < -0.39 is 18.1 Å². The predicted octanol–water partition coefficient (Wildman–Crippen LogP) is 3.88. The van der Waals surface area contributed by atoms with Crippen LogP contribution < -0.4 is 5.32 Å². The number of nitrogens with zero attached hydrogens (tertiary/aromatic N) is 1. The molecule has 2 atom stereocenters. The number of likely N-dealkylation sites (N-methyl/N-ethyl adjacent to an activating group) is 1. The predicted molar refractivity (Wildman–Crippen MR) is 86.6 cm³/mol. The summed E-state index contributed by atoms with van der Waals surface area (Å²) in [6, 6.07) is 4.43. The van der Waals surface area contributed by atoms with Crippen LogP contribution in [0.15, 0.2) is 18.2 Å². The maximum absolute atomic E-state index is 12.7. The first-order valence-electron chi connectivity index (χ1n) is 6.71. The molecule has 130 valence electrons. The zero-order valence-electron chi connectivity index (χ0n) is 12.2. The van der Waals surface area contributed by atoms with Gasteiger partial charge in [0.05, 0.1) is 10.0 Å². The number of carbonyl (C=O) groups excluding carboxylic acids is 1. The van der Waals surface area contributed by atoms with E-state index in [0.29, 0.717) is 29.6 Å². The van der Waals surface area contributed by atoms with E-state index in [0.717, 1.165) is 10.5 Å². The van der Waals surface area contributed by atoms with Gasteiger partial charge in [0, 0.05) is 25.6 Å². The standard InChI is InChI=1S/C14H15Cl2F3N2O.ClH/c1-21(13(22)14(17,18)19)12-4-5-20-7-9(12)8-2-3-10(15)11(16)6-8;/h2-3,6,9,12,20H,4-5,7H2,1H3;1H. The Labute approximate surface area is 148 Å². The number of hydrogen-bond donors (Lipinski definition) is 1. The van der Waals surface area contributed by atoms with Crippen molar-refractivity contribution in [3.63, 3.8) is 0 Å². The van der Waals surface area contributed by atoms with Gasteiger partial charge in [0.1, 0.15) is 0 Å². The van der Waals surface area contributed by atoms with Gasteiger partial charge < -0.3 is 10.2 Å². The second kappa shape index (κ2) is 7.92. The van der Waals surface area contributed by atoms with Crippen LogP contribution in [0.4, 0.5) is 13.2 Å². The average Bonchev–Trinajstić information content (AvgIpc) is 2.47. The maximum Gasteiger partial charge on any atom is 0.471 e. The molecule has 0 aliphatic carbocycles. The van der Waals surface area contributed by atoms with Gasteiger partial charge in [-0.2, -0.15) is 13.2 Å². The van der Waals surface area contributed by atoms with Crippen molar-refractivity contribution in [1.82, 2.24) is 10.2 Å². The highest BCUT2D eigenvalue weighted by atomic mass is 35.5. The molecule has 1 heterocycles. The Morgan fingerprint density at radius 3 is 2.52 bits per heavy atom. The van der Waals surface area contributed by atoms with Crippen LogP contribution in [0.3, 0.4) is 0 Å². The molecule has 1 aliphatic heterocycles. The summed E-state index contributed by atoms with van der Waals surface area (Å²) in [6.07, 6.45) is -4.44. The maximum atomic E-state index is 12.7. The van der Waals surface area contributed by atoms with Crippen molar-refractivity contribution in [1.29, 1.82) is 0 Å². The molecule has 23 heavy (non-hydrogen) atoms. The summed E-state index contributed by atoms with van der Waals surface area (Å²) in [5, 5.41) is 3.86. The Balaban J connectivity index is 0.00000264. The molecule has 1 aromatic carbocycles. The highest BCUT2D eigenvalue weighted by Crippen LogP contribution is 2.33. The lowest BCUT2D eigenvalue weighted by Crippen LogP contribution is -2.52. The first-order chi connectivity index (χ1) is 10.2. The molecule has 0 spiro atoms. The van der Waals surface area contributed by atoms with Crippen LogP contribution in [0, 0.1) is 0 Å². The van der Waals surface area contributed by atoms with Gasteiger partial charge in [-0.25, -0.2) is 0 Å². The molecule has 0 bridgehead atoms. The topological polar surface area (TPSA) is 32.3 Å². The third kappa shape index (κ3) is 4.66. The Morgan fingerprint density at radius 1 is 1.30 bits per heavy atom. The van der Waals surface area contributed by atoms with E-state index in [9.17, 15) is 18.0 Å². The van der Waals surface area contributed by atoms with Gasteiger partial charge in [0.15, 0.2) is 0 Å². The van der Waals surface area contributed by atoms with Crippen LogP contribution >= 0.6 is 35.6 Å². The lowest BCUT2D eigenvalue weighted by Gasteiger charge is -2.39. The number of amides is 1. The first-order valence-corrected chi connectivity index (χ1v) is 7.47. The van der Waals surface area contributed by atoms with Crippen LogP contribution in [0.2, 0.25) is 10.0 Å². The van der Waals surface area contributed by atoms with Gasteiger partial charge in [-0.15, -0.1) is 12.4 Å². The number of benzene rings is 1. The monoisotopic (exact) mass is 390 g/mol. The third-order valence-corrected chi connectivity index (χ3v) is 4.62. The summed E-state index contributed by atoms with van der Waals surface area (Å²) >= 11 is 11.9. The normalized spacial score (nSPS) is 21.5. The molecular formula is C14H16Cl3F3N2O. The SMILES string of the molecule is CN(C(=O)C(F)(F)F)C1CCNCC1c1ccc(Cl)c(Cl)c1.Cl. The minimum atomic E-state index is -4.87. The molecule has 3 nitrogen and oxygen atoms in total. The second-order valence-electron chi connectivity index (χ2n) is 5.25. The van der Waals surface area contributed by atoms with Gasteiger partial charge in [-0.3, -0.25) is 4.79 Å². The molecule has 1 aromatic rings. The van der Waals surface area contributed by atoms with Crippen molar-refractivity contribution in [3.05, 3.63) is 33.8 Å². The number of halogens is 6. The highest BCUT2D eigenvalue weighted by Gasteiger charge is 2.45. The van der Waals surface area contributed by atoms with Gasteiger partial charge >= 0.3 is 12.1 Å². The van der Waals surface area contributed by atoms with E-state index in [-0.39, 0.29) is 18.3 Å². The zero-order chi connectivity index (χ0) is 16.5. The summed E-state index contributed by atoms with van der Waals surface area (Å²) in [6.45, 7) is 1.02. The summed E-state index contributed by atoms with van der Waals surface area (Å²) in [7, 11) is 1.19. The van der Waals surface area contributed by atoms with Crippen LogP contribution in [0.25, 0.3) is 0 Å². The molecule has 1 N–H and O–H groups in total. The van der Waals surface area contributed by atoms with E-state index in [4.69, 9.17) is 23.2 Å². The van der Waals surface area contributed by atoms with E-state index >= 15 is 0 Å².